The van der Waals surface area contributed by atoms with E-state index in [2.05, 4.69) is 5.32 Å². The summed E-state index contributed by atoms with van der Waals surface area (Å²) in [6.07, 6.45) is 2.30. The third-order valence-corrected chi connectivity index (χ3v) is 4.00. The zero-order valence-corrected chi connectivity index (χ0v) is 10.9. The second-order valence-electron chi connectivity index (χ2n) is 4.07. The van der Waals surface area contributed by atoms with Crippen molar-refractivity contribution < 1.29 is 9.21 Å². The SMILES string of the molecule is Cc1occc1SCCC(=O)N1CCNCC1. The normalized spacial score (nSPS) is 16.2. The quantitative estimate of drug-likeness (QED) is 0.827. The van der Waals surface area contributed by atoms with E-state index in [0.717, 1.165) is 42.6 Å². The fourth-order valence-electron chi connectivity index (χ4n) is 1.84. The monoisotopic (exact) mass is 254 g/mol. The van der Waals surface area contributed by atoms with E-state index < -0.39 is 0 Å². The van der Waals surface area contributed by atoms with Gasteiger partial charge in [0.05, 0.1) is 6.26 Å². The maximum atomic E-state index is 11.9. The van der Waals surface area contributed by atoms with Crippen LogP contribution < -0.4 is 5.32 Å². The summed E-state index contributed by atoms with van der Waals surface area (Å²) in [7, 11) is 0. The van der Waals surface area contributed by atoms with E-state index in [9.17, 15) is 4.79 Å². The lowest BCUT2D eigenvalue weighted by Gasteiger charge is -2.27. The first-order chi connectivity index (χ1) is 8.27. The van der Waals surface area contributed by atoms with E-state index in [1.807, 2.05) is 17.9 Å². The molecule has 1 aromatic rings. The summed E-state index contributed by atoms with van der Waals surface area (Å²) in [4.78, 5) is 15.0. The highest BCUT2D eigenvalue weighted by Gasteiger charge is 2.15. The molecule has 17 heavy (non-hydrogen) atoms. The molecule has 0 saturated carbocycles. The summed E-state index contributed by atoms with van der Waals surface area (Å²) in [6, 6.07) is 1.95. The smallest absolute Gasteiger partial charge is 0.223 e. The van der Waals surface area contributed by atoms with Gasteiger partial charge in [0.2, 0.25) is 5.91 Å². The van der Waals surface area contributed by atoms with Crippen LogP contribution in [-0.2, 0) is 4.79 Å². The van der Waals surface area contributed by atoms with Crippen molar-refractivity contribution >= 4 is 17.7 Å². The van der Waals surface area contributed by atoms with Gasteiger partial charge in [-0.25, -0.2) is 0 Å². The summed E-state index contributed by atoms with van der Waals surface area (Å²) in [6.45, 7) is 5.46. The Morgan fingerprint density at radius 1 is 1.53 bits per heavy atom. The molecule has 1 aliphatic rings. The molecule has 1 aromatic heterocycles. The summed E-state index contributed by atoms with van der Waals surface area (Å²) in [5, 5.41) is 3.24. The molecule has 0 spiro atoms. The Balaban J connectivity index is 1.71. The number of carbonyl (C=O) groups is 1. The van der Waals surface area contributed by atoms with E-state index in [4.69, 9.17) is 4.42 Å². The molecular weight excluding hydrogens is 236 g/mol. The maximum Gasteiger partial charge on any atom is 0.223 e. The van der Waals surface area contributed by atoms with Gasteiger partial charge in [0.15, 0.2) is 0 Å². The lowest BCUT2D eigenvalue weighted by molar-refractivity contribution is -0.131. The third-order valence-electron chi connectivity index (χ3n) is 2.85. The number of hydrogen-bond donors (Lipinski definition) is 1. The first-order valence-electron chi connectivity index (χ1n) is 5.93. The lowest BCUT2D eigenvalue weighted by atomic mass is 10.3. The van der Waals surface area contributed by atoms with Crippen LogP contribution in [0, 0.1) is 6.92 Å². The van der Waals surface area contributed by atoms with E-state index in [-0.39, 0.29) is 5.91 Å². The van der Waals surface area contributed by atoms with Crippen molar-refractivity contribution in [2.24, 2.45) is 0 Å². The summed E-state index contributed by atoms with van der Waals surface area (Å²) < 4.78 is 5.21. The molecule has 1 N–H and O–H groups in total. The summed E-state index contributed by atoms with van der Waals surface area (Å²) in [5.74, 6) is 2.02. The highest BCUT2D eigenvalue weighted by atomic mass is 32.2. The van der Waals surface area contributed by atoms with Gasteiger partial charge in [-0.05, 0) is 13.0 Å². The predicted molar refractivity (Wildman–Crippen MR) is 68.2 cm³/mol. The molecule has 1 aliphatic heterocycles. The number of hydrogen-bond acceptors (Lipinski definition) is 4. The van der Waals surface area contributed by atoms with E-state index in [0.29, 0.717) is 6.42 Å². The van der Waals surface area contributed by atoms with Crippen molar-refractivity contribution in [1.29, 1.82) is 0 Å². The summed E-state index contributed by atoms with van der Waals surface area (Å²) in [5.41, 5.74) is 0. The molecule has 0 atom stereocenters. The molecule has 5 heteroatoms. The van der Waals surface area contributed by atoms with Crippen LogP contribution in [0.2, 0.25) is 0 Å². The number of carbonyl (C=O) groups excluding carboxylic acids is 1. The number of amides is 1. The van der Waals surface area contributed by atoms with Crippen molar-refractivity contribution in [2.45, 2.75) is 18.2 Å². The van der Waals surface area contributed by atoms with Gasteiger partial charge in [-0.1, -0.05) is 0 Å². The van der Waals surface area contributed by atoms with Gasteiger partial charge < -0.3 is 14.6 Å². The Kier molecular flexibility index (Phi) is 4.50. The van der Waals surface area contributed by atoms with Gasteiger partial charge in [-0.2, -0.15) is 0 Å². The molecule has 4 nitrogen and oxygen atoms in total. The maximum absolute atomic E-state index is 11.9. The minimum absolute atomic E-state index is 0.264. The average molecular weight is 254 g/mol. The van der Waals surface area contributed by atoms with Gasteiger partial charge in [-0.15, -0.1) is 11.8 Å². The topological polar surface area (TPSA) is 45.5 Å². The Morgan fingerprint density at radius 2 is 2.29 bits per heavy atom. The number of nitrogens with zero attached hydrogens (tertiary/aromatic N) is 1. The second-order valence-corrected chi connectivity index (χ2v) is 5.21. The molecule has 94 valence electrons. The number of aryl methyl sites for hydroxylation is 1. The van der Waals surface area contributed by atoms with Gasteiger partial charge >= 0.3 is 0 Å². The van der Waals surface area contributed by atoms with Crippen molar-refractivity contribution in [1.82, 2.24) is 10.2 Å². The zero-order valence-electron chi connectivity index (χ0n) is 10.1. The van der Waals surface area contributed by atoms with Crippen molar-refractivity contribution in [3.8, 4) is 0 Å². The first kappa shape index (κ1) is 12.5. The van der Waals surface area contributed by atoms with Gasteiger partial charge in [0.1, 0.15) is 5.76 Å². The van der Waals surface area contributed by atoms with E-state index >= 15 is 0 Å². The molecule has 0 radical (unpaired) electrons. The molecule has 2 heterocycles. The van der Waals surface area contributed by atoms with E-state index in [1.165, 1.54) is 0 Å². The van der Waals surface area contributed by atoms with Crippen molar-refractivity contribution in [2.75, 3.05) is 31.9 Å². The number of furan rings is 1. The number of rotatable bonds is 4. The van der Waals surface area contributed by atoms with Crippen molar-refractivity contribution in [3.63, 3.8) is 0 Å². The second kappa shape index (κ2) is 6.12. The fourth-order valence-corrected chi connectivity index (χ4v) is 2.74. The van der Waals surface area contributed by atoms with Gasteiger partial charge in [-0.3, -0.25) is 4.79 Å². The van der Waals surface area contributed by atoms with Crippen LogP contribution in [0.5, 0.6) is 0 Å². The molecule has 1 amide bonds. The fraction of sp³-hybridized carbons (Fsp3) is 0.583. The highest BCUT2D eigenvalue weighted by Crippen LogP contribution is 2.23. The van der Waals surface area contributed by atoms with Gasteiger partial charge in [0.25, 0.3) is 0 Å². The van der Waals surface area contributed by atoms with Crippen LogP contribution in [0.1, 0.15) is 12.2 Å². The average Bonchev–Trinajstić information content (AvgIpc) is 2.76. The molecule has 0 unspecified atom stereocenters. The summed E-state index contributed by atoms with van der Waals surface area (Å²) >= 11 is 1.69. The molecule has 1 fully saturated rings. The number of nitrogens with one attached hydrogen (secondary N) is 1. The van der Waals surface area contributed by atoms with Crippen molar-refractivity contribution in [3.05, 3.63) is 18.1 Å². The molecular formula is C12H18N2O2S. The third kappa shape index (κ3) is 3.51. The predicted octanol–water partition coefficient (Wildman–Crippen LogP) is 1.50. The largest absolute Gasteiger partial charge is 0.468 e. The molecule has 0 aromatic carbocycles. The minimum Gasteiger partial charge on any atom is -0.468 e. The molecule has 0 bridgehead atoms. The Labute approximate surface area is 106 Å². The standard InChI is InChI=1S/C12H18N2O2S/c1-10-11(2-8-16-10)17-9-3-12(15)14-6-4-13-5-7-14/h2,8,13H,3-7,9H2,1H3. The van der Waals surface area contributed by atoms with Crippen LogP contribution in [0.15, 0.2) is 21.6 Å². The zero-order chi connectivity index (χ0) is 12.1. The van der Waals surface area contributed by atoms with Gasteiger partial charge in [0, 0.05) is 43.2 Å². The van der Waals surface area contributed by atoms with Crippen LogP contribution >= 0.6 is 11.8 Å². The molecule has 1 saturated heterocycles. The lowest BCUT2D eigenvalue weighted by Crippen LogP contribution is -2.46. The van der Waals surface area contributed by atoms with Crippen LogP contribution in [0.3, 0.4) is 0 Å². The van der Waals surface area contributed by atoms with E-state index in [1.54, 1.807) is 18.0 Å². The van der Waals surface area contributed by atoms with Crippen LogP contribution in [0.4, 0.5) is 0 Å². The molecule has 2 rings (SSSR count). The highest BCUT2D eigenvalue weighted by molar-refractivity contribution is 7.99. The Bertz CT molecular complexity index is 372. The first-order valence-corrected chi connectivity index (χ1v) is 6.91. The molecule has 0 aliphatic carbocycles. The minimum atomic E-state index is 0.264. The Morgan fingerprint density at radius 3 is 2.94 bits per heavy atom. The number of thioether (sulfide) groups is 1. The Hall–Kier alpha value is -0.940. The van der Waals surface area contributed by atoms with Crippen LogP contribution in [0.25, 0.3) is 0 Å². The van der Waals surface area contributed by atoms with Crippen LogP contribution in [-0.4, -0.2) is 42.7 Å². The number of piperazine rings is 1.